The van der Waals surface area contributed by atoms with E-state index in [4.69, 9.17) is 17.3 Å². The zero-order valence-electron chi connectivity index (χ0n) is 13.8. The van der Waals surface area contributed by atoms with E-state index in [1.54, 1.807) is 12.3 Å². The highest BCUT2D eigenvalue weighted by atomic mass is 35.5. The molecule has 0 saturated heterocycles. The lowest BCUT2D eigenvalue weighted by Gasteiger charge is -2.06. The molecule has 1 amide bonds. The Kier molecular flexibility index (Phi) is 4.14. The van der Waals surface area contributed by atoms with Crippen molar-refractivity contribution in [1.29, 1.82) is 0 Å². The summed E-state index contributed by atoms with van der Waals surface area (Å²) in [6, 6.07) is 19.5. The molecule has 2 aromatic heterocycles. The molecule has 2 aromatic carbocycles. The molecule has 2 heterocycles. The third kappa shape index (κ3) is 2.82. The molecule has 0 saturated carbocycles. The number of carbonyl (C=O) groups is 1. The Balaban J connectivity index is 1.99. The quantitative estimate of drug-likeness (QED) is 0.559. The summed E-state index contributed by atoms with van der Waals surface area (Å²) in [5.41, 5.74) is 10.2. The van der Waals surface area contributed by atoms with Crippen LogP contribution in [-0.4, -0.2) is 20.3 Å². The van der Waals surface area contributed by atoms with Crippen LogP contribution < -0.4 is 5.73 Å². The van der Waals surface area contributed by atoms with Gasteiger partial charge in [-0.1, -0.05) is 54.6 Å². The van der Waals surface area contributed by atoms with Crippen molar-refractivity contribution in [2.75, 3.05) is 0 Å². The fraction of sp³-hybridized carbons (Fsp3) is 0.0500. The standard InChI is InChI=1S/C20H15ClN4O/c21-12-13-6-8-14(9-7-13)17-18(15-4-2-1-3-5-15)25-11-10-16(19(22)26)23-20(25)24-17/h1-11H,12H2,(H2,22,26). The highest BCUT2D eigenvalue weighted by Crippen LogP contribution is 2.32. The van der Waals surface area contributed by atoms with Crippen LogP contribution in [0.3, 0.4) is 0 Å². The molecule has 0 aliphatic heterocycles. The Morgan fingerprint density at radius 2 is 1.69 bits per heavy atom. The second-order valence-electron chi connectivity index (χ2n) is 5.85. The van der Waals surface area contributed by atoms with Gasteiger partial charge in [-0.25, -0.2) is 9.97 Å². The van der Waals surface area contributed by atoms with Crippen LogP contribution in [0.4, 0.5) is 0 Å². The summed E-state index contributed by atoms with van der Waals surface area (Å²) in [5, 5.41) is 0. The number of amides is 1. The SMILES string of the molecule is NC(=O)c1ccn2c(-c3ccccc3)c(-c3ccc(CCl)cc3)nc2n1. The first-order valence-electron chi connectivity index (χ1n) is 8.07. The predicted octanol–water partition coefficient (Wildman–Crippen LogP) is 3.90. The summed E-state index contributed by atoms with van der Waals surface area (Å²) in [6.07, 6.45) is 1.77. The minimum absolute atomic E-state index is 0.186. The zero-order valence-corrected chi connectivity index (χ0v) is 14.5. The Bertz CT molecular complexity index is 1090. The molecule has 0 unspecified atom stereocenters. The first-order valence-corrected chi connectivity index (χ1v) is 8.60. The van der Waals surface area contributed by atoms with Crippen LogP contribution in [0.25, 0.3) is 28.3 Å². The number of nitrogens with zero attached hydrogens (tertiary/aromatic N) is 3. The first kappa shape index (κ1) is 16.3. The van der Waals surface area contributed by atoms with Gasteiger partial charge in [0.05, 0.1) is 11.4 Å². The predicted molar refractivity (Wildman–Crippen MR) is 102 cm³/mol. The van der Waals surface area contributed by atoms with Gasteiger partial charge in [0.25, 0.3) is 5.91 Å². The molecule has 5 nitrogen and oxygen atoms in total. The number of carbonyl (C=O) groups excluding carboxylic acids is 1. The monoisotopic (exact) mass is 362 g/mol. The van der Waals surface area contributed by atoms with Gasteiger partial charge in [-0.15, -0.1) is 11.6 Å². The topological polar surface area (TPSA) is 73.3 Å². The van der Waals surface area contributed by atoms with Crippen molar-refractivity contribution in [3.8, 4) is 22.5 Å². The first-order chi connectivity index (χ1) is 12.7. The number of aromatic nitrogens is 3. The van der Waals surface area contributed by atoms with Gasteiger partial charge in [0.2, 0.25) is 5.78 Å². The molecule has 0 aliphatic carbocycles. The number of hydrogen-bond donors (Lipinski definition) is 1. The van der Waals surface area contributed by atoms with Crippen molar-refractivity contribution < 1.29 is 4.79 Å². The summed E-state index contributed by atoms with van der Waals surface area (Å²) in [7, 11) is 0. The Hall–Kier alpha value is -3.18. The van der Waals surface area contributed by atoms with Crippen LogP contribution in [0.5, 0.6) is 0 Å². The molecule has 4 rings (SSSR count). The normalized spacial score (nSPS) is 11.0. The summed E-state index contributed by atoms with van der Waals surface area (Å²) < 4.78 is 1.87. The molecular weight excluding hydrogens is 348 g/mol. The van der Waals surface area contributed by atoms with Crippen molar-refractivity contribution in [3.05, 3.63) is 78.1 Å². The number of fused-ring (bicyclic) bond motifs is 1. The molecule has 6 heteroatoms. The van der Waals surface area contributed by atoms with E-state index in [0.29, 0.717) is 11.7 Å². The number of imidazole rings is 1. The van der Waals surface area contributed by atoms with E-state index in [9.17, 15) is 4.79 Å². The lowest BCUT2D eigenvalue weighted by molar-refractivity contribution is 0.0995. The molecule has 0 radical (unpaired) electrons. The van der Waals surface area contributed by atoms with Gasteiger partial charge in [0, 0.05) is 23.2 Å². The van der Waals surface area contributed by atoms with Gasteiger partial charge in [0.1, 0.15) is 5.69 Å². The number of benzene rings is 2. The van der Waals surface area contributed by atoms with E-state index in [-0.39, 0.29) is 5.69 Å². The van der Waals surface area contributed by atoms with Crippen LogP contribution in [0.15, 0.2) is 66.9 Å². The molecule has 4 aromatic rings. The second-order valence-corrected chi connectivity index (χ2v) is 6.12. The smallest absolute Gasteiger partial charge is 0.267 e. The average molecular weight is 363 g/mol. The van der Waals surface area contributed by atoms with Crippen molar-refractivity contribution in [2.45, 2.75) is 5.88 Å². The van der Waals surface area contributed by atoms with Crippen LogP contribution in [-0.2, 0) is 5.88 Å². The fourth-order valence-corrected chi connectivity index (χ4v) is 3.07. The molecule has 128 valence electrons. The van der Waals surface area contributed by atoms with E-state index >= 15 is 0 Å². The molecule has 2 N–H and O–H groups in total. The maximum Gasteiger partial charge on any atom is 0.267 e. The van der Waals surface area contributed by atoms with E-state index in [1.165, 1.54) is 0 Å². The van der Waals surface area contributed by atoms with E-state index in [2.05, 4.69) is 9.97 Å². The molecule has 0 aliphatic rings. The number of alkyl halides is 1. The van der Waals surface area contributed by atoms with E-state index < -0.39 is 5.91 Å². The number of rotatable bonds is 4. The van der Waals surface area contributed by atoms with E-state index in [1.807, 2.05) is 59.0 Å². The number of hydrogen-bond acceptors (Lipinski definition) is 3. The van der Waals surface area contributed by atoms with Crippen LogP contribution in [0, 0.1) is 0 Å². The highest BCUT2D eigenvalue weighted by molar-refractivity contribution is 6.17. The van der Waals surface area contributed by atoms with Gasteiger partial charge in [-0.3, -0.25) is 9.20 Å². The fourth-order valence-electron chi connectivity index (χ4n) is 2.89. The zero-order chi connectivity index (χ0) is 18.1. The van der Waals surface area contributed by atoms with Crippen molar-refractivity contribution in [3.63, 3.8) is 0 Å². The lowest BCUT2D eigenvalue weighted by atomic mass is 10.0. The second kappa shape index (κ2) is 6.61. The van der Waals surface area contributed by atoms with Gasteiger partial charge in [-0.05, 0) is 11.6 Å². The van der Waals surface area contributed by atoms with Gasteiger partial charge >= 0.3 is 0 Å². The third-order valence-electron chi connectivity index (χ3n) is 4.18. The summed E-state index contributed by atoms with van der Waals surface area (Å²) in [5.74, 6) is 0.307. The van der Waals surface area contributed by atoms with Gasteiger partial charge in [0.15, 0.2) is 0 Å². The Morgan fingerprint density at radius 3 is 2.35 bits per heavy atom. The van der Waals surface area contributed by atoms with Crippen LogP contribution >= 0.6 is 11.6 Å². The lowest BCUT2D eigenvalue weighted by Crippen LogP contribution is -2.13. The Labute approximate surface area is 155 Å². The number of nitrogens with two attached hydrogens (primary N) is 1. The highest BCUT2D eigenvalue weighted by Gasteiger charge is 2.17. The summed E-state index contributed by atoms with van der Waals surface area (Å²) in [6.45, 7) is 0. The summed E-state index contributed by atoms with van der Waals surface area (Å²) >= 11 is 5.89. The minimum Gasteiger partial charge on any atom is -0.364 e. The Morgan fingerprint density at radius 1 is 0.962 bits per heavy atom. The van der Waals surface area contributed by atoms with Gasteiger partial charge in [-0.2, -0.15) is 0 Å². The maximum atomic E-state index is 11.5. The van der Waals surface area contributed by atoms with E-state index in [0.717, 1.165) is 28.1 Å². The largest absolute Gasteiger partial charge is 0.364 e. The van der Waals surface area contributed by atoms with Crippen LogP contribution in [0.1, 0.15) is 16.1 Å². The van der Waals surface area contributed by atoms with Crippen molar-refractivity contribution in [2.24, 2.45) is 5.73 Å². The minimum atomic E-state index is -0.579. The maximum absolute atomic E-state index is 11.5. The molecule has 0 spiro atoms. The molecule has 26 heavy (non-hydrogen) atoms. The number of halogens is 1. The van der Waals surface area contributed by atoms with Crippen molar-refractivity contribution in [1.82, 2.24) is 14.4 Å². The average Bonchev–Trinajstić information content (AvgIpc) is 3.07. The number of primary amides is 1. The van der Waals surface area contributed by atoms with Crippen molar-refractivity contribution >= 4 is 23.3 Å². The molecule has 0 fully saturated rings. The molecular formula is C20H15ClN4O. The molecule has 0 atom stereocenters. The molecule has 0 bridgehead atoms. The van der Waals surface area contributed by atoms with Crippen LogP contribution in [0.2, 0.25) is 0 Å². The summed E-state index contributed by atoms with van der Waals surface area (Å²) in [4.78, 5) is 20.4. The third-order valence-corrected chi connectivity index (χ3v) is 4.48. The van der Waals surface area contributed by atoms with Gasteiger partial charge < -0.3 is 5.73 Å².